The highest BCUT2D eigenvalue weighted by molar-refractivity contribution is 6.33. The number of nitrogens with one attached hydrogen (secondary N) is 1. The summed E-state index contributed by atoms with van der Waals surface area (Å²) in [4.78, 5) is 12.1. The Morgan fingerprint density at radius 1 is 1.08 bits per heavy atom. The zero-order chi connectivity index (χ0) is 16.9. The van der Waals surface area contributed by atoms with Crippen LogP contribution in [0.3, 0.4) is 0 Å². The fraction of sp³-hybridized carbons (Fsp3) is 0.0556. The van der Waals surface area contributed by atoms with E-state index in [0.29, 0.717) is 22.2 Å². The Balaban J connectivity index is 1.61. The molecule has 1 N–H and O–H groups in total. The second-order valence-corrected chi connectivity index (χ2v) is 5.35. The van der Waals surface area contributed by atoms with Crippen LogP contribution >= 0.6 is 11.6 Å². The maximum Gasteiger partial charge on any atom is 0.291 e. The highest BCUT2D eigenvalue weighted by Crippen LogP contribution is 2.22. The van der Waals surface area contributed by atoms with Crippen LogP contribution in [0.4, 0.5) is 10.1 Å². The quantitative estimate of drug-likeness (QED) is 0.715. The van der Waals surface area contributed by atoms with Gasteiger partial charge in [-0.2, -0.15) is 0 Å². The summed E-state index contributed by atoms with van der Waals surface area (Å²) >= 11 is 6.00. The minimum atomic E-state index is -0.406. The Morgan fingerprint density at radius 2 is 1.83 bits per heavy atom. The first kappa shape index (κ1) is 16.1. The largest absolute Gasteiger partial charge is 0.486 e. The lowest BCUT2D eigenvalue weighted by Gasteiger charge is -2.05. The summed E-state index contributed by atoms with van der Waals surface area (Å²) in [5.74, 6) is 0.390. The third kappa shape index (κ3) is 3.94. The molecule has 0 fully saturated rings. The molecular formula is C18H13ClFNO3. The van der Waals surface area contributed by atoms with Crippen LogP contribution in [0.5, 0.6) is 5.75 Å². The first-order chi connectivity index (χ1) is 11.6. The van der Waals surface area contributed by atoms with Gasteiger partial charge in [0.25, 0.3) is 5.91 Å². The number of carbonyl (C=O) groups is 1. The third-order valence-electron chi connectivity index (χ3n) is 3.20. The lowest BCUT2D eigenvalue weighted by atomic mass is 10.3. The first-order valence-electron chi connectivity index (χ1n) is 7.15. The number of para-hydroxylation sites is 1. The molecule has 0 aliphatic rings. The number of ether oxygens (including phenoxy) is 1. The summed E-state index contributed by atoms with van der Waals surface area (Å²) < 4.78 is 23.7. The molecule has 0 spiro atoms. The highest BCUT2D eigenvalue weighted by Gasteiger charge is 2.13. The fourth-order valence-corrected chi connectivity index (χ4v) is 2.19. The van der Waals surface area contributed by atoms with Crippen molar-refractivity contribution in [2.45, 2.75) is 6.61 Å². The summed E-state index contributed by atoms with van der Waals surface area (Å²) in [5, 5.41) is 3.11. The maximum absolute atomic E-state index is 12.8. The molecule has 2 aromatic carbocycles. The molecule has 1 heterocycles. The first-order valence-corrected chi connectivity index (χ1v) is 7.52. The number of hydrogen-bond acceptors (Lipinski definition) is 3. The van der Waals surface area contributed by atoms with E-state index >= 15 is 0 Å². The number of anilines is 1. The summed E-state index contributed by atoms with van der Waals surface area (Å²) in [5.41, 5.74) is 0.504. The number of carbonyl (C=O) groups excluding carboxylic acids is 1. The topological polar surface area (TPSA) is 51.5 Å². The van der Waals surface area contributed by atoms with Gasteiger partial charge in [-0.05, 0) is 48.5 Å². The normalized spacial score (nSPS) is 10.4. The van der Waals surface area contributed by atoms with Crippen LogP contribution in [0.15, 0.2) is 65.1 Å². The van der Waals surface area contributed by atoms with Gasteiger partial charge in [-0.3, -0.25) is 4.79 Å². The predicted molar refractivity (Wildman–Crippen MR) is 88.8 cm³/mol. The van der Waals surface area contributed by atoms with Crippen molar-refractivity contribution in [2.24, 2.45) is 0 Å². The van der Waals surface area contributed by atoms with E-state index < -0.39 is 5.91 Å². The molecule has 0 saturated heterocycles. The Kier molecular flexibility index (Phi) is 4.82. The smallest absolute Gasteiger partial charge is 0.291 e. The molecule has 1 aromatic heterocycles. The van der Waals surface area contributed by atoms with Crippen LogP contribution < -0.4 is 10.1 Å². The van der Waals surface area contributed by atoms with Crippen LogP contribution in [0.1, 0.15) is 16.3 Å². The zero-order valence-electron chi connectivity index (χ0n) is 12.5. The highest BCUT2D eigenvalue weighted by atomic mass is 35.5. The van der Waals surface area contributed by atoms with Crippen molar-refractivity contribution in [1.29, 1.82) is 0 Å². The van der Waals surface area contributed by atoms with Crippen LogP contribution in [-0.2, 0) is 6.61 Å². The number of benzene rings is 2. The van der Waals surface area contributed by atoms with Gasteiger partial charge in [0.15, 0.2) is 5.76 Å². The number of halogens is 2. The van der Waals surface area contributed by atoms with Crippen LogP contribution in [0, 0.1) is 5.82 Å². The van der Waals surface area contributed by atoms with E-state index in [2.05, 4.69) is 5.32 Å². The summed E-state index contributed by atoms with van der Waals surface area (Å²) in [6.45, 7) is 0.130. The molecule has 122 valence electrons. The van der Waals surface area contributed by atoms with Crippen LogP contribution in [0.25, 0.3) is 0 Å². The predicted octanol–water partition coefficient (Wildman–Crippen LogP) is 4.90. The Morgan fingerprint density at radius 3 is 2.58 bits per heavy atom. The average Bonchev–Trinajstić information content (AvgIpc) is 3.06. The average molecular weight is 346 g/mol. The van der Waals surface area contributed by atoms with Gasteiger partial charge in [0, 0.05) is 0 Å². The minimum absolute atomic E-state index is 0.130. The van der Waals surface area contributed by atoms with Gasteiger partial charge in [0.1, 0.15) is 23.9 Å². The number of rotatable bonds is 5. The molecule has 1 amide bonds. The van der Waals surface area contributed by atoms with E-state index in [1.807, 2.05) is 0 Å². The van der Waals surface area contributed by atoms with E-state index in [1.54, 1.807) is 36.4 Å². The molecule has 3 rings (SSSR count). The van der Waals surface area contributed by atoms with Crippen LogP contribution in [0.2, 0.25) is 5.02 Å². The lowest BCUT2D eigenvalue weighted by Crippen LogP contribution is -2.11. The lowest BCUT2D eigenvalue weighted by molar-refractivity contribution is 0.0992. The van der Waals surface area contributed by atoms with Gasteiger partial charge in [0.2, 0.25) is 0 Å². The number of hydrogen-bond donors (Lipinski definition) is 1. The molecule has 0 unspecified atom stereocenters. The van der Waals surface area contributed by atoms with Gasteiger partial charge in [-0.15, -0.1) is 0 Å². The van der Waals surface area contributed by atoms with Crippen molar-refractivity contribution in [3.63, 3.8) is 0 Å². The van der Waals surface area contributed by atoms with Crippen molar-refractivity contribution in [3.8, 4) is 5.75 Å². The van der Waals surface area contributed by atoms with E-state index in [-0.39, 0.29) is 18.2 Å². The molecule has 4 nitrogen and oxygen atoms in total. The fourth-order valence-electron chi connectivity index (χ4n) is 2.01. The zero-order valence-corrected chi connectivity index (χ0v) is 13.2. The van der Waals surface area contributed by atoms with Gasteiger partial charge in [-0.1, -0.05) is 23.7 Å². The maximum atomic E-state index is 12.8. The molecule has 0 atom stereocenters. The molecule has 24 heavy (non-hydrogen) atoms. The van der Waals surface area contributed by atoms with E-state index in [9.17, 15) is 9.18 Å². The van der Waals surface area contributed by atoms with Crippen molar-refractivity contribution < 1.29 is 18.3 Å². The number of furan rings is 1. The van der Waals surface area contributed by atoms with Gasteiger partial charge in [0.05, 0.1) is 10.7 Å². The number of amides is 1. The summed E-state index contributed by atoms with van der Waals surface area (Å²) in [6.07, 6.45) is 0. The van der Waals surface area contributed by atoms with Crippen molar-refractivity contribution in [1.82, 2.24) is 0 Å². The van der Waals surface area contributed by atoms with Crippen LogP contribution in [-0.4, -0.2) is 5.91 Å². The third-order valence-corrected chi connectivity index (χ3v) is 3.53. The monoisotopic (exact) mass is 345 g/mol. The molecular weight excluding hydrogens is 333 g/mol. The Bertz CT molecular complexity index is 845. The Labute approximate surface area is 142 Å². The van der Waals surface area contributed by atoms with Gasteiger partial charge >= 0.3 is 0 Å². The van der Waals surface area contributed by atoms with Crippen molar-refractivity contribution in [3.05, 3.63) is 83.0 Å². The van der Waals surface area contributed by atoms with E-state index in [1.165, 1.54) is 24.3 Å². The molecule has 0 saturated carbocycles. The van der Waals surface area contributed by atoms with Crippen molar-refractivity contribution in [2.75, 3.05) is 5.32 Å². The summed E-state index contributed by atoms with van der Waals surface area (Å²) in [7, 11) is 0. The van der Waals surface area contributed by atoms with Crippen molar-refractivity contribution >= 4 is 23.2 Å². The second-order valence-electron chi connectivity index (χ2n) is 4.94. The minimum Gasteiger partial charge on any atom is -0.486 e. The Hall–Kier alpha value is -2.79. The van der Waals surface area contributed by atoms with Gasteiger partial charge < -0.3 is 14.5 Å². The molecule has 0 aliphatic heterocycles. The van der Waals surface area contributed by atoms with Gasteiger partial charge in [-0.25, -0.2) is 4.39 Å². The molecule has 0 aliphatic carbocycles. The van der Waals surface area contributed by atoms with E-state index in [0.717, 1.165) is 0 Å². The molecule has 0 bridgehead atoms. The molecule has 3 aromatic rings. The summed E-state index contributed by atoms with van der Waals surface area (Å²) in [6, 6.07) is 15.8. The van der Waals surface area contributed by atoms with E-state index in [4.69, 9.17) is 20.8 Å². The molecule has 6 heteroatoms. The molecule has 0 radical (unpaired) electrons. The SMILES string of the molecule is O=C(Nc1ccccc1Cl)c1ccc(COc2ccc(F)cc2)o1. The standard InChI is InChI=1S/C18H13ClFNO3/c19-15-3-1-2-4-16(15)21-18(22)17-10-9-14(24-17)11-23-13-7-5-12(20)6-8-13/h1-10H,11H2,(H,21,22). The second kappa shape index (κ2) is 7.19.